The summed E-state index contributed by atoms with van der Waals surface area (Å²) in [6, 6.07) is 1.34. The van der Waals surface area contributed by atoms with E-state index < -0.39 is 12.0 Å². The Hall–Kier alpha value is -1.25. The average molecular weight is 336 g/mol. The Balaban J connectivity index is 0.00000176. The summed E-state index contributed by atoms with van der Waals surface area (Å²) in [5.41, 5.74) is 6.60. The lowest BCUT2D eigenvalue weighted by Gasteiger charge is -2.38. The molecule has 1 saturated heterocycles. The van der Waals surface area contributed by atoms with Gasteiger partial charge in [0.25, 0.3) is 5.92 Å². The molecule has 22 heavy (non-hydrogen) atoms. The molecule has 9 heteroatoms. The number of amides is 1. The molecule has 1 aromatic heterocycles. The number of aromatic nitrogens is 2. The molecule has 6 nitrogen and oxygen atoms in total. The largest absolute Gasteiger partial charge is 0.320 e. The monoisotopic (exact) mass is 335 g/mol. The number of hydrogen-bond acceptors (Lipinski definition) is 4. The van der Waals surface area contributed by atoms with Crippen LogP contribution in [-0.4, -0.2) is 59.2 Å². The maximum Gasteiger partial charge on any atom is 0.272 e. The quantitative estimate of drug-likeness (QED) is 0.873. The van der Waals surface area contributed by atoms with Crippen molar-refractivity contribution >= 4 is 24.1 Å². The van der Waals surface area contributed by atoms with Crippen LogP contribution >= 0.6 is 12.4 Å². The Kier molecular flexibility index (Phi) is 4.74. The minimum Gasteiger partial charge on any atom is -0.320 e. The third-order valence-electron chi connectivity index (χ3n) is 4.05. The fourth-order valence-electron chi connectivity index (χ4n) is 2.80. The number of rotatable bonds is 3. The molecule has 2 aliphatic rings. The van der Waals surface area contributed by atoms with Crippen LogP contribution in [0.1, 0.15) is 12.1 Å². The van der Waals surface area contributed by atoms with Crippen LogP contribution in [-0.2, 0) is 17.8 Å². The topological polar surface area (TPSA) is 67.4 Å². The molecule has 0 aliphatic carbocycles. The van der Waals surface area contributed by atoms with Crippen molar-refractivity contribution < 1.29 is 13.6 Å². The number of carbonyl (C=O) groups is 1. The normalized spacial score (nSPS) is 24.3. The number of nitrogens with two attached hydrogens (primary N) is 1. The van der Waals surface area contributed by atoms with E-state index in [0.29, 0.717) is 25.9 Å². The Morgan fingerprint density at radius 2 is 2.14 bits per heavy atom. The van der Waals surface area contributed by atoms with Crippen molar-refractivity contribution in [1.29, 1.82) is 0 Å². The van der Waals surface area contributed by atoms with Gasteiger partial charge in [0, 0.05) is 32.6 Å². The summed E-state index contributed by atoms with van der Waals surface area (Å²) in [5, 5.41) is 4.45. The first-order valence-corrected chi connectivity index (χ1v) is 7.06. The van der Waals surface area contributed by atoms with Crippen LogP contribution in [0.25, 0.3) is 0 Å². The predicted octanol–water partition coefficient (Wildman–Crippen LogP) is 0.492. The molecule has 0 bridgehead atoms. The number of aryl methyl sites for hydroxylation is 1. The minimum atomic E-state index is -2.53. The third kappa shape index (κ3) is 3.23. The highest BCUT2D eigenvalue weighted by molar-refractivity contribution is 5.96. The van der Waals surface area contributed by atoms with Crippen LogP contribution in [0.3, 0.4) is 0 Å². The molecule has 1 amide bonds. The van der Waals surface area contributed by atoms with Crippen molar-refractivity contribution in [2.45, 2.75) is 31.4 Å². The molecule has 1 fully saturated rings. The van der Waals surface area contributed by atoms with Gasteiger partial charge in [0.2, 0.25) is 5.91 Å². The number of hydrogen-bond donors (Lipinski definition) is 1. The maximum absolute atomic E-state index is 12.8. The molecule has 3 rings (SSSR count). The lowest BCUT2D eigenvalue weighted by Crippen LogP contribution is -2.56. The molecule has 1 unspecified atom stereocenters. The van der Waals surface area contributed by atoms with E-state index in [1.54, 1.807) is 16.6 Å². The lowest BCUT2D eigenvalue weighted by molar-refractivity contribution is -0.129. The Bertz CT molecular complexity index is 557. The standard InChI is InChI=1S/C13H19F2N5O.ClH/c1-18-11-6-9(2-4-19-7-13(14,15)8-19)17-20(11)5-3-10(16)12(18)21;/h6,10H,2-5,7-8,16H2,1H3;1H. The summed E-state index contributed by atoms with van der Waals surface area (Å²) in [5.74, 6) is -1.94. The fraction of sp³-hybridized carbons (Fsp3) is 0.692. The van der Waals surface area contributed by atoms with Crippen LogP contribution in [0.2, 0.25) is 0 Å². The van der Waals surface area contributed by atoms with Gasteiger partial charge >= 0.3 is 0 Å². The molecular formula is C13H20ClF2N5O. The van der Waals surface area contributed by atoms with Crippen molar-refractivity contribution in [2.24, 2.45) is 5.73 Å². The Morgan fingerprint density at radius 1 is 1.45 bits per heavy atom. The van der Waals surface area contributed by atoms with E-state index in [-0.39, 0.29) is 31.4 Å². The van der Waals surface area contributed by atoms with Crippen molar-refractivity contribution in [2.75, 3.05) is 31.6 Å². The molecule has 3 heterocycles. The smallest absolute Gasteiger partial charge is 0.272 e. The van der Waals surface area contributed by atoms with Crippen molar-refractivity contribution in [3.05, 3.63) is 11.8 Å². The van der Waals surface area contributed by atoms with Gasteiger partial charge in [-0.05, 0) is 6.42 Å². The van der Waals surface area contributed by atoms with Crippen molar-refractivity contribution in [3.8, 4) is 0 Å². The fourth-order valence-corrected chi connectivity index (χ4v) is 2.80. The second-order valence-electron chi connectivity index (χ2n) is 5.83. The first kappa shape index (κ1) is 17.1. The number of likely N-dealkylation sites (N-methyl/N-ethyl adjacent to an activating group) is 1. The Morgan fingerprint density at radius 3 is 2.77 bits per heavy atom. The molecule has 124 valence electrons. The third-order valence-corrected chi connectivity index (χ3v) is 4.05. The van der Waals surface area contributed by atoms with Gasteiger partial charge in [-0.15, -0.1) is 12.4 Å². The van der Waals surface area contributed by atoms with E-state index in [0.717, 1.165) is 11.5 Å². The zero-order valence-corrected chi connectivity index (χ0v) is 13.2. The molecule has 0 aromatic carbocycles. The Labute approximate surface area is 133 Å². The molecule has 0 saturated carbocycles. The molecule has 1 aromatic rings. The number of anilines is 1. The highest BCUT2D eigenvalue weighted by Crippen LogP contribution is 2.27. The number of nitrogens with zero attached hydrogens (tertiary/aromatic N) is 4. The molecule has 1 atom stereocenters. The van der Waals surface area contributed by atoms with Crippen LogP contribution < -0.4 is 10.6 Å². The summed E-state index contributed by atoms with van der Waals surface area (Å²) >= 11 is 0. The molecule has 2 aliphatic heterocycles. The van der Waals surface area contributed by atoms with E-state index >= 15 is 0 Å². The minimum absolute atomic E-state index is 0. The highest BCUT2D eigenvalue weighted by Gasteiger charge is 2.43. The average Bonchev–Trinajstić information content (AvgIpc) is 2.77. The maximum atomic E-state index is 12.8. The van der Waals surface area contributed by atoms with Crippen LogP contribution in [0.15, 0.2) is 6.07 Å². The SMILES string of the molecule is CN1C(=O)C(N)CCn2nc(CCN3CC(F)(F)C3)cc21.Cl. The van der Waals surface area contributed by atoms with E-state index in [4.69, 9.17) is 5.73 Å². The first-order chi connectivity index (χ1) is 9.85. The van der Waals surface area contributed by atoms with Crippen LogP contribution in [0, 0.1) is 0 Å². The summed E-state index contributed by atoms with van der Waals surface area (Å²) in [6.45, 7) is 0.805. The summed E-state index contributed by atoms with van der Waals surface area (Å²) in [6.07, 6.45) is 1.15. The van der Waals surface area contributed by atoms with Crippen molar-refractivity contribution in [1.82, 2.24) is 14.7 Å². The van der Waals surface area contributed by atoms with E-state index in [2.05, 4.69) is 5.10 Å². The van der Waals surface area contributed by atoms with E-state index in [1.165, 1.54) is 4.90 Å². The van der Waals surface area contributed by atoms with Crippen LogP contribution in [0.4, 0.5) is 14.6 Å². The van der Waals surface area contributed by atoms with E-state index in [9.17, 15) is 13.6 Å². The zero-order chi connectivity index (χ0) is 15.2. The number of likely N-dealkylation sites (tertiary alicyclic amines) is 1. The van der Waals surface area contributed by atoms with Gasteiger partial charge in [-0.3, -0.25) is 14.6 Å². The van der Waals surface area contributed by atoms with Gasteiger partial charge < -0.3 is 5.73 Å². The predicted molar refractivity (Wildman–Crippen MR) is 80.6 cm³/mol. The van der Waals surface area contributed by atoms with Gasteiger partial charge in [0.15, 0.2) is 0 Å². The first-order valence-electron chi connectivity index (χ1n) is 7.06. The highest BCUT2D eigenvalue weighted by atomic mass is 35.5. The van der Waals surface area contributed by atoms with Gasteiger partial charge in [0.1, 0.15) is 5.82 Å². The summed E-state index contributed by atoms with van der Waals surface area (Å²) < 4.78 is 27.3. The zero-order valence-electron chi connectivity index (χ0n) is 12.3. The second-order valence-corrected chi connectivity index (χ2v) is 5.83. The van der Waals surface area contributed by atoms with Gasteiger partial charge in [-0.2, -0.15) is 5.10 Å². The van der Waals surface area contributed by atoms with Gasteiger partial charge in [-0.1, -0.05) is 0 Å². The lowest BCUT2D eigenvalue weighted by atomic mass is 10.1. The molecule has 0 radical (unpaired) electrons. The molecular weight excluding hydrogens is 316 g/mol. The molecule has 2 N–H and O–H groups in total. The summed E-state index contributed by atoms with van der Waals surface area (Å²) in [7, 11) is 1.68. The number of halogens is 3. The molecule has 0 spiro atoms. The number of alkyl halides is 2. The number of fused-ring (bicyclic) bond motifs is 1. The van der Waals surface area contributed by atoms with Crippen molar-refractivity contribution in [3.63, 3.8) is 0 Å². The van der Waals surface area contributed by atoms with Gasteiger partial charge in [-0.25, -0.2) is 13.5 Å². The summed E-state index contributed by atoms with van der Waals surface area (Å²) in [4.78, 5) is 15.2. The van der Waals surface area contributed by atoms with Crippen LogP contribution in [0.5, 0.6) is 0 Å². The second kappa shape index (κ2) is 6.10. The van der Waals surface area contributed by atoms with E-state index in [1.807, 2.05) is 6.07 Å². The number of carbonyl (C=O) groups excluding carboxylic acids is 1. The van der Waals surface area contributed by atoms with Gasteiger partial charge in [0.05, 0.1) is 24.8 Å².